The summed E-state index contributed by atoms with van der Waals surface area (Å²) in [6, 6.07) is 0. The van der Waals surface area contributed by atoms with Gasteiger partial charge in [-0.2, -0.15) is 0 Å². The van der Waals surface area contributed by atoms with Gasteiger partial charge in [0.05, 0.1) is 0 Å². The van der Waals surface area contributed by atoms with Crippen molar-refractivity contribution in [3.8, 4) is 0 Å². The second kappa shape index (κ2) is 5.09. The van der Waals surface area contributed by atoms with E-state index < -0.39 is 6.16 Å². The van der Waals surface area contributed by atoms with Gasteiger partial charge in [-0.05, 0) is 5.92 Å². The molecular weight excluding hydrogens is 132 g/mol. The van der Waals surface area contributed by atoms with Crippen LogP contribution in [0.15, 0.2) is 0 Å². The Labute approximate surface area is 60.7 Å². The molecule has 0 aromatic carbocycles. The Balaban J connectivity index is 0.000000180. The molecule has 0 atom stereocenters. The molecule has 0 amide bonds. The van der Waals surface area contributed by atoms with E-state index in [9.17, 15) is 0 Å². The summed E-state index contributed by atoms with van der Waals surface area (Å²) in [5, 5.41) is 13.9. The SMILES string of the molecule is CC1CCCC1.O=C(O)O. The second-order valence-electron chi connectivity index (χ2n) is 2.67. The van der Waals surface area contributed by atoms with Crippen molar-refractivity contribution in [1.29, 1.82) is 0 Å². The van der Waals surface area contributed by atoms with Crippen LogP contribution in [-0.2, 0) is 0 Å². The molecule has 0 heterocycles. The topological polar surface area (TPSA) is 57.5 Å². The zero-order valence-corrected chi connectivity index (χ0v) is 6.21. The summed E-state index contributed by atoms with van der Waals surface area (Å²) in [5.74, 6) is 1.05. The predicted molar refractivity (Wildman–Crippen MR) is 38.3 cm³/mol. The van der Waals surface area contributed by atoms with E-state index in [-0.39, 0.29) is 0 Å². The number of hydrogen-bond acceptors (Lipinski definition) is 1. The van der Waals surface area contributed by atoms with E-state index in [0.29, 0.717) is 0 Å². The smallest absolute Gasteiger partial charge is 0.450 e. The average molecular weight is 146 g/mol. The van der Waals surface area contributed by atoms with Crippen LogP contribution in [-0.4, -0.2) is 16.4 Å². The van der Waals surface area contributed by atoms with Crippen LogP contribution in [0.25, 0.3) is 0 Å². The lowest BCUT2D eigenvalue weighted by Gasteiger charge is -1.91. The molecule has 0 spiro atoms. The molecule has 0 unspecified atom stereocenters. The van der Waals surface area contributed by atoms with E-state index in [1.165, 1.54) is 25.7 Å². The van der Waals surface area contributed by atoms with E-state index >= 15 is 0 Å². The number of rotatable bonds is 0. The van der Waals surface area contributed by atoms with Crippen LogP contribution >= 0.6 is 0 Å². The van der Waals surface area contributed by atoms with Crippen LogP contribution < -0.4 is 0 Å². The molecule has 0 saturated heterocycles. The molecule has 60 valence electrons. The molecule has 1 saturated carbocycles. The molecule has 3 heteroatoms. The van der Waals surface area contributed by atoms with Crippen LogP contribution in [0, 0.1) is 5.92 Å². The Morgan fingerprint density at radius 2 is 1.60 bits per heavy atom. The van der Waals surface area contributed by atoms with Crippen LogP contribution in [0.5, 0.6) is 0 Å². The van der Waals surface area contributed by atoms with Gasteiger partial charge in [0.25, 0.3) is 0 Å². The number of carboxylic acid groups (broad SMARTS) is 2. The van der Waals surface area contributed by atoms with Crippen LogP contribution in [0.1, 0.15) is 32.6 Å². The lowest BCUT2D eigenvalue weighted by molar-refractivity contribution is 0.137. The monoisotopic (exact) mass is 146 g/mol. The third kappa shape index (κ3) is 7.27. The van der Waals surface area contributed by atoms with Gasteiger partial charge >= 0.3 is 6.16 Å². The summed E-state index contributed by atoms with van der Waals surface area (Å²) >= 11 is 0. The van der Waals surface area contributed by atoms with Gasteiger partial charge in [-0.25, -0.2) is 4.79 Å². The standard InChI is InChI=1S/C6H12.CH2O3/c1-6-4-2-3-5-6;2-1(3)4/h6H,2-5H2,1H3;(H2,2,3,4). The van der Waals surface area contributed by atoms with Crippen molar-refractivity contribution in [3.05, 3.63) is 0 Å². The van der Waals surface area contributed by atoms with Crippen LogP contribution in [0.2, 0.25) is 0 Å². The summed E-state index contributed by atoms with van der Waals surface area (Å²) in [4.78, 5) is 8.56. The van der Waals surface area contributed by atoms with Gasteiger partial charge in [-0.1, -0.05) is 32.6 Å². The minimum Gasteiger partial charge on any atom is -0.450 e. The van der Waals surface area contributed by atoms with Gasteiger partial charge in [0.1, 0.15) is 0 Å². The normalized spacial score (nSPS) is 17.7. The maximum Gasteiger partial charge on any atom is 0.503 e. The highest BCUT2D eigenvalue weighted by Gasteiger charge is 2.07. The van der Waals surface area contributed by atoms with E-state index in [1.54, 1.807) is 0 Å². The fourth-order valence-corrected chi connectivity index (χ4v) is 1.13. The highest BCUT2D eigenvalue weighted by atomic mass is 16.6. The van der Waals surface area contributed by atoms with E-state index in [1.807, 2.05) is 0 Å². The van der Waals surface area contributed by atoms with Gasteiger partial charge in [0.15, 0.2) is 0 Å². The van der Waals surface area contributed by atoms with Crippen molar-refractivity contribution in [1.82, 2.24) is 0 Å². The number of hydrogen-bond donors (Lipinski definition) is 2. The molecule has 1 aliphatic rings. The minimum absolute atomic E-state index is 1.05. The average Bonchev–Trinajstić information content (AvgIpc) is 2.15. The maximum atomic E-state index is 8.56. The highest BCUT2D eigenvalue weighted by molar-refractivity contribution is 5.53. The summed E-state index contributed by atoms with van der Waals surface area (Å²) in [6.45, 7) is 2.34. The Morgan fingerprint density at radius 3 is 1.70 bits per heavy atom. The first-order valence-corrected chi connectivity index (χ1v) is 3.55. The van der Waals surface area contributed by atoms with Crippen molar-refractivity contribution in [2.24, 2.45) is 5.92 Å². The Hall–Kier alpha value is -0.730. The molecule has 10 heavy (non-hydrogen) atoms. The second-order valence-corrected chi connectivity index (χ2v) is 2.67. The number of carbonyl (C=O) groups is 1. The third-order valence-corrected chi connectivity index (χ3v) is 1.64. The first-order chi connectivity index (χ1) is 4.63. The zero-order chi connectivity index (χ0) is 7.98. The summed E-state index contributed by atoms with van der Waals surface area (Å²) in [6.07, 6.45) is 4.11. The van der Waals surface area contributed by atoms with E-state index in [0.717, 1.165) is 5.92 Å². The first kappa shape index (κ1) is 9.27. The molecule has 0 aromatic heterocycles. The molecule has 0 bridgehead atoms. The van der Waals surface area contributed by atoms with Gasteiger partial charge in [-0.15, -0.1) is 0 Å². The van der Waals surface area contributed by atoms with E-state index in [4.69, 9.17) is 15.0 Å². The summed E-state index contributed by atoms with van der Waals surface area (Å²) < 4.78 is 0. The Kier molecular flexibility index (Phi) is 4.72. The van der Waals surface area contributed by atoms with Gasteiger partial charge < -0.3 is 10.2 Å². The molecule has 0 aliphatic heterocycles. The molecular formula is C7H14O3. The molecule has 3 nitrogen and oxygen atoms in total. The molecule has 1 rings (SSSR count). The molecule has 0 aromatic rings. The van der Waals surface area contributed by atoms with Gasteiger partial charge in [0.2, 0.25) is 0 Å². The lowest BCUT2D eigenvalue weighted by atomic mass is 10.2. The van der Waals surface area contributed by atoms with E-state index in [2.05, 4.69) is 6.92 Å². The van der Waals surface area contributed by atoms with Crippen molar-refractivity contribution < 1.29 is 15.0 Å². The minimum atomic E-state index is -1.83. The van der Waals surface area contributed by atoms with Crippen LogP contribution in [0.3, 0.4) is 0 Å². The van der Waals surface area contributed by atoms with Gasteiger partial charge in [-0.3, -0.25) is 0 Å². The Morgan fingerprint density at radius 1 is 1.30 bits per heavy atom. The molecule has 2 N–H and O–H groups in total. The fourth-order valence-electron chi connectivity index (χ4n) is 1.13. The highest BCUT2D eigenvalue weighted by Crippen LogP contribution is 2.22. The molecule has 1 fully saturated rings. The quantitative estimate of drug-likeness (QED) is 0.551. The van der Waals surface area contributed by atoms with Crippen molar-refractivity contribution >= 4 is 6.16 Å². The van der Waals surface area contributed by atoms with Crippen molar-refractivity contribution in [2.45, 2.75) is 32.6 Å². The van der Waals surface area contributed by atoms with Crippen molar-refractivity contribution in [2.75, 3.05) is 0 Å². The van der Waals surface area contributed by atoms with Crippen molar-refractivity contribution in [3.63, 3.8) is 0 Å². The maximum absolute atomic E-state index is 8.56. The zero-order valence-electron chi connectivity index (χ0n) is 6.21. The lowest BCUT2D eigenvalue weighted by Crippen LogP contribution is -1.81. The largest absolute Gasteiger partial charge is 0.503 e. The van der Waals surface area contributed by atoms with Gasteiger partial charge in [0, 0.05) is 0 Å². The van der Waals surface area contributed by atoms with Crippen LogP contribution in [0.4, 0.5) is 4.79 Å². The third-order valence-electron chi connectivity index (χ3n) is 1.64. The first-order valence-electron chi connectivity index (χ1n) is 3.55. The molecule has 0 radical (unpaired) electrons. The summed E-state index contributed by atoms with van der Waals surface area (Å²) in [7, 11) is 0. The molecule has 1 aliphatic carbocycles. The summed E-state index contributed by atoms with van der Waals surface area (Å²) in [5.41, 5.74) is 0. The fraction of sp³-hybridized carbons (Fsp3) is 0.857. The predicted octanol–water partition coefficient (Wildman–Crippen LogP) is 2.42. The Bertz CT molecular complexity index is 91.0.